The molecule has 0 bridgehead atoms. The lowest BCUT2D eigenvalue weighted by Crippen LogP contribution is -1.99. The molecule has 1 aromatic rings. The van der Waals surface area contributed by atoms with Gasteiger partial charge in [0.05, 0.1) is 15.6 Å². The van der Waals surface area contributed by atoms with Crippen LogP contribution in [0.1, 0.15) is 12.8 Å². The summed E-state index contributed by atoms with van der Waals surface area (Å²) in [5, 5.41) is 1.03. The van der Waals surface area contributed by atoms with E-state index in [0.29, 0.717) is 0 Å². The monoisotopic (exact) mass is 462 g/mol. The molecule has 1 rings (SSSR count). The van der Waals surface area contributed by atoms with Gasteiger partial charge in [0.15, 0.2) is 0 Å². The van der Waals surface area contributed by atoms with E-state index in [4.69, 9.17) is 4.74 Å². The van der Waals surface area contributed by atoms with Crippen LogP contribution in [-0.2, 0) is 0 Å². The summed E-state index contributed by atoms with van der Waals surface area (Å²) in [7, 11) is 0. The van der Waals surface area contributed by atoms with Crippen LogP contribution in [0.25, 0.3) is 0 Å². The maximum atomic E-state index is 5.69. The first-order valence-corrected chi connectivity index (χ1v) is 7.98. The van der Waals surface area contributed by atoms with Crippen LogP contribution >= 0.6 is 63.7 Å². The van der Waals surface area contributed by atoms with Gasteiger partial charge in [-0.25, -0.2) is 0 Å². The van der Waals surface area contributed by atoms with Crippen molar-refractivity contribution in [3.63, 3.8) is 0 Å². The summed E-state index contributed by atoms with van der Waals surface area (Å²) in [5.41, 5.74) is 0. The van der Waals surface area contributed by atoms with Crippen molar-refractivity contribution in [2.75, 3.05) is 11.9 Å². The molecule has 1 aromatic carbocycles. The molecule has 0 saturated heterocycles. The maximum Gasteiger partial charge on any atom is 0.147 e. The number of rotatable bonds is 5. The van der Waals surface area contributed by atoms with Gasteiger partial charge in [-0.2, -0.15) is 0 Å². The molecule has 0 aromatic heterocycles. The molecule has 0 atom stereocenters. The Kier molecular flexibility index (Phi) is 6.82. The van der Waals surface area contributed by atoms with Crippen LogP contribution in [0.2, 0.25) is 0 Å². The van der Waals surface area contributed by atoms with Crippen LogP contribution in [0, 0.1) is 0 Å². The molecule has 0 aliphatic rings. The van der Waals surface area contributed by atoms with Crippen LogP contribution in [0.15, 0.2) is 25.6 Å². The zero-order valence-electron chi connectivity index (χ0n) is 7.90. The minimum atomic E-state index is 0.741. The number of halogens is 4. The highest BCUT2D eigenvalue weighted by atomic mass is 79.9. The number of hydrogen-bond acceptors (Lipinski definition) is 1. The van der Waals surface area contributed by atoms with E-state index < -0.39 is 0 Å². The average Bonchev–Trinajstić information content (AvgIpc) is 2.15. The largest absolute Gasteiger partial charge is 0.491 e. The molecular formula is C10H10Br4O. The Hall–Kier alpha value is 0.940. The fourth-order valence-corrected chi connectivity index (χ4v) is 3.92. The van der Waals surface area contributed by atoms with E-state index >= 15 is 0 Å². The lowest BCUT2D eigenvalue weighted by molar-refractivity contribution is 0.306. The lowest BCUT2D eigenvalue weighted by Gasteiger charge is -2.10. The van der Waals surface area contributed by atoms with Gasteiger partial charge in [0.25, 0.3) is 0 Å². The molecular weight excluding hydrogens is 456 g/mol. The first kappa shape index (κ1) is 14.0. The molecule has 5 heteroatoms. The Morgan fingerprint density at radius 1 is 1.00 bits per heavy atom. The van der Waals surface area contributed by atoms with Gasteiger partial charge in [-0.05, 0) is 56.8 Å². The third-order valence-electron chi connectivity index (χ3n) is 1.74. The summed E-state index contributed by atoms with van der Waals surface area (Å²) >= 11 is 13.8. The average molecular weight is 466 g/mol. The molecule has 0 fully saturated rings. The second-order valence-corrected chi connectivity index (χ2v) is 6.36. The van der Waals surface area contributed by atoms with Gasteiger partial charge >= 0.3 is 0 Å². The van der Waals surface area contributed by atoms with E-state index in [0.717, 1.165) is 43.9 Å². The summed E-state index contributed by atoms with van der Waals surface area (Å²) in [6.07, 6.45) is 2.19. The first-order valence-electron chi connectivity index (χ1n) is 4.48. The Balaban J connectivity index is 2.60. The van der Waals surface area contributed by atoms with E-state index in [9.17, 15) is 0 Å². The van der Waals surface area contributed by atoms with Crippen molar-refractivity contribution in [1.82, 2.24) is 0 Å². The minimum absolute atomic E-state index is 0.741. The molecule has 1 nitrogen and oxygen atoms in total. The van der Waals surface area contributed by atoms with Gasteiger partial charge in [-0.1, -0.05) is 31.9 Å². The predicted octanol–water partition coefficient (Wildman–Crippen LogP) is 5.53. The molecule has 0 unspecified atom stereocenters. The highest BCUT2D eigenvalue weighted by molar-refractivity contribution is 9.11. The number of unbranched alkanes of at least 4 members (excludes halogenated alkanes) is 1. The fraction of sp³-hybridized carbons (Fsp3) is 0.400. The van der Waals surface area contributed by atoms with Crippen molar-refractivity contribution in [3.05, 3.63) is 25.6 Å². The Labute approximate surface area is 123 Å². The SMILES string of the molecule is BrCCCCOc1c(Br)cc(Br)cc1Br. The zero-order chi connectivity index (χ0) is 11.3. The molecule has 0 amide bonds. The predicted molar refractivity (Wildman–Crippen MR) is 78.1 cm³/mol. The zero-order valence-corrected chi connectivity index (χ0v) is 14.2. The number of benzene rings is 1. The van der Waals surface area contributed by atoms with Crippen molar-refractivity contribution < 1.29 is 4.74 Å². The van der Waals surface area contributed by atoms with E-state index in [1.54, 1.807) is 0 Å². The number of ether oxygens (including phenoxy) is 1. The van der Waals surface area contributed by atoms with Crippen LogP contribution in [0.5, 0.6) is 5.75 Å². The van der Waals surface area contributed by atoms with Crippen LogP contribution in [-0.4, -0.2) is 11.9 Å². The Morgan fingerprint density at radius 3 is 2.13 bits per heavy atom. The van der Waals surface area contributed by atoms with Gasteiger partial charge in [-0.15, -0.1) is 0 Å². The molecule has 15 heavy (non-hydrogen) atoms. The highest BCUT2D eigenvalue weighted by Crippen LogP contribution is 2.36. The van der Waals surface area contributed by atoms with Gasteiger partial charge in [-0.3, -0.25) is 0 Å². The number of hydrogen-bond donors (Lipinski definition) is 0. The van der Waals surface area contributed by atoms with Crippen molar-refractivity contribution in [1.29, 1.82) is 0 Å². The molecule has 0 aliphatic carbocycles. The molecule has 0 heterocycles. The molecule has 84 valence electrons. The van der Waals surface area contributed by atoms with E-state index in [2.05, 4.69) is 63.7 Å². The van der Waals surface area contributed by atoms with Gasteiger partial charge in [0.1, 0.15) is 5.75 Å². The lowest BCUT2D eigenvalue weighted by atomic mass is 10.3. The smallest absolute Gasteiger partial charge is 0.147 e. The summed E-state index contributed by atoms with van der Waals surface area (Å²) in [4.78, 5) is 0. The minimum Gasteiger partial charge on any atom is -0.491 e. The van der Waals surface area contributed by atoms with Gasteiger partial charge in [0, 0.05) is 9.80 Å². The Morgan fingerprint density at radius 2 is 1.60 bits per heavy atom. The molecule has 0 spiro atoms. The highest BCUT2D eigenvalue weighted by Gasteiger charge is 2.07. The van der Waals surface area contributed by atoms with Crippen LogP contribution < -0.4 is 4.74 Å². The quantitative estimate of drug-likeness (QED) is 0.410. The van der Waals surface area contributed by atoms with Gasteiger partial charge < -0.3 is 4.74 Å². The summed E-state index contributed by atoms with van der Waals surface area (Å²) < 4.78 is 8.63. The molecule has 0 radical (unpaired) electrons. The fourth-order valence-electron chi connectivity index (χ4n) is 1.04. The van der Waals surface area contributed by atoms with E-state index in [1.807, 2.05) is 12.1 Å². The Bertz CT molecular complexity index is 304. The van der Waals surface area contributed by atoms with E-state index in [-0.39, 0.29) is 0 Å². The normalized spacial score (nSPS) is 10.4. The standard InChI is InChI=1S/C10H10Br4O/c11-3-1-2-4-15-10-8(13)5-7(12)6-9(10)14/h5-6H,1-4H2. The second-order valence-electron chi connectivity index (χ2n) is 2.94. The van der Waals surface area contributed by atoms with Gasteiger partial charge in [0.2, 0.25) is 0 Å². The van der Waals surface area contributed by atoms with Crippen molar-refractivity contribution >= 4 is 63.7 Å². The van der Waals surface area contributed by atoms with E-state index in [1.165, 1.54) is 0 Å². The topological polar surface area (TPSA) is 9.23 Å². The molecule has 0 saturated carbocycles. The summed E-state index contributed by atoms with van der Waals surface area (Å²) in [5.74, 6) is 0.868. The number of alkyl halides is 1. The van der Waals surface area contributed by atoms with Crippen molar-refractivity contribution in [2.45, 2.75) is 12.8 Å². The summed E-state index contributed by atoms with van der Waals surface area (Å²) in [6, 6.07) is 3.95. The second kappa shape index (κ2) is 7.30. The maximum absolute atomic E-state index is 5.69. The van der Waals surface area contributed by atoms with Crippen molar-refractivity contribution in [3.8, 4) is 5.75 Å². The van der Waals surface area contributed by atoms with Crippen LogP contribution in [0.4, 0.5) is 0 Å². The third kappa shape index (κ3) is 4.75. The van der Waals surface area contributed by atoms with Crippen molar-refractivity contribution in [2.24, 2.45) is 0 Å². The van der Waals surface area contributed by atoms with Crippen LogP contribution in [0.3, 0.4) is 0 Å². The molecule has 0 aliphatic heterocycles. The summed E-state index contributed by atoms with van der Waals surface area (Å²) in [6.45, 7) is 0.741. The first-order chi connectivity index (χ1) is 7.15. The third-order valence-corrected chi connectivity index (χ3v) is 3.93. The molecule has 0 N–H and O–H groups in total.